The van der Waals surface area contributed by atoms with E-state index in [4.69, 9.17) is 18.9 Å². The van der Waals surface area contributed by atoms with E-state index in [1.807, 2.05) is 25.1 Å². The molecule has 25 heavy (non-hydrogen) atoms. The molecule has 0 saturated carbocycles. The van der Waals surface area contributed by atoms with Crippen molar-refractivity contribution in [3.63, 3.8) is 0 Å². The van der Waals surface area contributed by atoms with Gasteiger partial charge in [0.15, 0.2) is 17.3 Å². The van der Waals surface area contributed by atoms with Crippen LogP contribution in [0, 0.1) is 0 Å². The van der Waals surface area contributed by atoms with Crippen molar-refractivity contribution in [3.8, 4) is 23.0 Å². The van der Waals surface area contributed by atoms with Crippen molar-refractivity contribution < 1.29 is 23.7 Å². The monoisotopic (exact) mass is 342 g/mol. The zero-order valence-electron chi connectivity index (χ0n) is 14.9. The first-order valence-electron chi connectivity index (χ1n) is 7.88. The van der Waals surface area contributed by atoms with E-state index < -0.39 is 0 Å². The van der Waals surface area contributed by atoms with Gasteiger partial charge in [-0.2, -0.15) is 0 Å². The fourth-order valence-electron chi connectivity index (χ4n) is 2.33. The Hall–Kier alpha value is -2.95. The summed E-state index contributed by atoms with van der Waals surface area (Å²) in [5.74, 6) is 2.24. The molecule has 0 aliphatic carbocycles. The lowest BCUT2D eigenvalue weighted by Gasteiger charge is -2.10. The summed E-state index contributed by atoms with van der Waals surface area (Å²) in [6, 6.07) is 10.6. The van der Waals surface area contributed by atoms with E-state index >= 15 is 0 Å². The van der Waals surface area contributed by atoms with Gasteiger partial charge in [-0.15, -0.1) is 0 Å². The number of allylic oxidation sites excluding steroid dienone is 1. The summed E-state index contributed by atoms with van der Waals surface area (Å²) in [7, 11) is 4.68. The summed E-state index contributed by atoms with van der Waals surface area (Å²) < 4.78 is 21.2. The van der Waals surface area contributed by atoms with Crippen molar-refractivity contribution in [2.45, 2.75) is 6.92 Å². The minimum atomic E-state index is -0.159. The molecule has 2 aromatic carbocycles. The fraction of sp³-hybridized carbons (Fsp3) is 0.250. The van der Waals surface area contributed by atoms with E-state index in [2.05, 4.69) is 0 Å². The smallest absolute Gasteiger partial charge is 0.189 e. The normalized spacial score (nSPS) is 10.6. The Kier molecular flexibility index (Phi) is 6.46. The SMILES string of the molecule is CCOc1cc(C=CC(=O)c2ccc(OC)cc2OC)ccc1OC. The summed E-state index contributed by atoms with van der Waals surface area (Å²) in [4.78, 5) is 12.5. The molecule has 5 heteroatoms. The second kappa shape index (κ2) is 8.78. The van der Waals surface area contributed by atoms with Crippen molar-refractivity contribution >= 4 is 11.9 Å². The molecule has 5 nitrogen and oxygen atoms in total. The van der Waals surface area contributed by atoms with Crippen LogP contribution in [-0.2, 0) is 0 Å². The largest absolute Gasteiger partial charge is 0.497 e. The van der Waals surface area contributed by atoms with Crippen LogP contribution in [0.1, 0.15) is 22.8 Å². The van der Waals surface area contributed by atoms with Gasteiger partial charge in [-0.25, -0.2) is 0 Å². The Balaban J connectivity index is 2.24. The van der Waals surface area contributed by atoms with Crippen LogP contribution in [0.15, 0.2) is 42.5 Å². The van der Waals surface area contributed by atoms with E-state index in [0.29, 0.717) is 35.2 Å². The second-order valence-corrected chi connectivity index (χ2v) is 5.11. The third kappa shape index (κ3) is 4.53. The highest BCUT2D eigenvalue weighted by Crippen LogP contribution is 2.29. The number of methoxy groups -OCH3 is 3. The quantitative estimate of drug-likeness (QED) is 0.536. The second-order valence-electron chi connectivity index (χ2n) is 5.11. The number of hydrogen-bond acceptors (Lipinski definition) is 5. The van der Waals surface area contributed by atoms with E-state index in [0.717, 1.165) is 5.56 Å². The molecule has 0 unspecified atom stereocenters. The number of benzene rings is 2. The van der Waals surface area contributed by atoms with Crippen LogP contribution < -0.4 is 18.9 Å². The number of ketones is 1. The first kappa shape index (κ1) is 18.4. The van der Waals surface area contributed by atoms with Gasteiger partial charge in [0.2, 0.25) is 0 Å². The molecule has 132 valence electrons. The van der Waals surface area contributed by atoms with Gasteiger partial charge in [-0.1, -0.05) is 12.1 Å². The maximum Gasteiger partial charge on any atom is 0.189 e. The summed E-state index contributed by atoms with van der Waals surface area (Å²) in [6.45, 7) is 2.44. The Morgan fingerprint density at radius 1 is 0.920 bits per heavy atom. The van der Waals surface area contributed by atoms with Crippen LogP contribution in [0.5, 0.6) is 23.0 Å². The van der Waals surface area contributed by atoms with Crippen LogP contribution in [0.2, 0.25) is 0 Å². The standard InChI is InChI=1S/C20H22O5/c1-5-25-20-12-14(7-11-18(20)23-3)6-10-17(21)16-9-8-15(22-2)13-19(16)24-4/h6-13H,5H2,1-4H3. The molecule has 0 amide bonds. The minimum absolute atomic E-state index is 0.159. The Morgan fingerprint density at radius 2 is 1.68 bits per heavy atom. The van der Waals surface area contributed by atoms with Gasteiger partial charge in [0.25, 0.3) is 0 Å². The third-order valence-corrected chi connectivity index (χ3v) is 3.59. The number of rotatable bonds is 8. The topological polar surface area (TPSA) is 54.0 Å². The molecular formula is C20H22O5. The molecule has 0 atom stereocenters. The van der Waals surface area contributed by atoms with Crippen molar-refractivity contribution in [2.24, 2.45) is 0 Å². The van der Waals surface area contributed by atoms with E-state index in [1.165, 1.54) is 13.2 Å². The maximum absolute atomic E-state index is 12.5. The highest BCUT2D eigenvalue weighted by molar-refractivity contribution is 6.08. The van der Waals surface area contributed by atoms with Crippen molar-refractivity contribution in [1.82, 2.24) is 0 Å². The van der Waals surface area contributed by atoms with Crippen LogP contribution in [0.25, 0.3) is 6.08 Å². The fourth-order valence-corrected chi connectivity index (χ4v) is 2.33. The molecule has 0 spiro atoms. The average Bonchev–Trinajstić information content (AvgIpc) is 2.65. The minimum Gasteiger partial charge on any atom is -0.497 e. The highest BCUT2D eigenvalue weighted by atomic mass is 16.5. The molecule has 0 aliphatic rings. The number of hydrogen-bond donors (Lipinski definition) is 0. The van der Waals surface area contributed by atoms with E-state index in [1.54, 1.807) is 38.5 Å². The Bertz CT molecular complexity index is 765. The van der Waals surface area contributed by atoms with Crippen molar-refractivity contribution in [1.29, 1.82) is 0 Å². The number of ether oxygens (including phenoxy) is 4. The van der Waals surface area contributed by atoms with E-state index in [9.17, 15) is 4.79 Å². The molecule has 0 fully saturated rings. The first-order chi connectivity index (χ1) is 12.1. The van der Waals surface area contributed by atoms with Gasteiger partial charge < -0.3 is 18.9 Å². The van der Waals surface area contributed by atoms with E-state index in [-0.39, 0.29) is 5.78 Å². The van der Waals surface area contributed by atoms with Crippen LogP contribution in [0.3, 0.4) is 0 Å². The van der Waals surface area contributed by atoms with Gasteiger partial charge in [-0.3, -0.25) is 4.79 Å². The number of carbonyl (C=O) groups excluding carboxylic acids is 1. The molecule has 0 radical (unpaired) electrons. The zero-order chi connectivity index (χ0) is 18.2. The summed E-state index contributed by atoms with van der Waals surface area (Å²) in [6.07, 6.45) is 3.23. The molecular weight excluding hydrogens is 320 g/mol. The van der Waals surface area contributed by atoms with Crippen molar-refractivity contribution in [3.05, 3.63) is 53.6 Å². The molecule has 0 heterocycles. The molecule has 2 aromatic rings. The maximum atomic E-state index is 12.5. The zero-order valence-corrected chi connectivity index (χ0v) is 14.9. The third-order valence-electron chi connectivity index (χ3n) is 3.59. The summed E-state index contributed by atoms with van der Waals surface area (Å²) in [5.41, 5.74) is 1.31. The average molecular weight is 342 g/mol. The lowest BCUT2D eigenvalue weighted by molar-refractivity contribution is 0.104. The summed E-state index contributed by atoms with van der Waals surface area (Å²) in [5, 5.41) is 0. The van der Waals surface area contributed by atoms with Crippen LogP contribution in [-0.4, -0.2) is 33.7 Å². The van der Waals surface area contributed by atoms with Crippen molar-refractivity contribution in [2.75, 3.05) is 27.9 Å². The first-order valence-corrected chi connectivity index (χ1v) is 7.88. The molecule has 0 N–H and O–H groups in total. The highest BCUT2D eigenvalue weighted by Gasteiger charge is 2.11. The number of carbonyl (C=O) groups is 1. The van der Waals surface area contributed by atoms with Gasteiger partial charge in [0, 0.05) is 6.07 Å². The van der Waals surface area contributed by atoms with Gasteiger partial charge in [0.05, 0.1) is 33.5 Å². The Morgan fingerprint density at radius 3 is 2.32 bits per heavy atom. The lowest BCUT2D eigenvalue weighted by atomic mass is 10.1. The van der Waals surface area contributed by atoms with Gasteiger partial charge >= 0.3 is 0 Å². The Labute approximate surface area is 147 Å². The molecule has 0 aromatic heterocycles. The predicted molar refractivity (Wildman–Crippen MR) is 97.1 cm³/mol. The van der Waals surface area contributed by atoms with Crippen LogP contribution in [0.4, 0.5) is 0 Å². The van der Waals surface area contributed by atoms with Gasteiger partial charge in [-0.05, 0) is 42.8 Å². The van der Waals surface area contributed by atoms with Gasteiger partial charge in [0.1, 0.15) is 11.5 Å². The lowest BCUT2D eigenvalue weighted by Crippen LogP contribution is -1.99. The molecule has 0 saturated heterocycles. The molecule has 2 rings (SSSR count). The summed E-state index contributed by atoms with van der Waals surface area (Å²) >= 11 is 0. The molecule has 0 aliphatic heterocycles. The predicted octanol–water partition coefficient (Wildman–Crippen LogP) is 4.01. The van der Waals surface area contributed by atoms with Crippen LogP contribution >= 0.6 is 0 Å². The molecule has 0 bridgehead atoms.